The van der Waals surface area contributed by atoms with Crippen molar-refractivity contribution >= 4 is 33.4 Å². The minimum Gasteiger partial charge on any atom is -0.322 e. The summed E-state index contributed by atoms with van der Waals surface area (Å²) in [5.74, 6) is 0.726. The van der Waals surface area contributed by atoms with Crippen molar-refractivity contribution in [3.05, 3.63) is 90.0 Å². The van der Waals surface area contributed by atoms with Crippen molar-refractivity contribution in [2.75, 3.05) is 17.6 Å². The largest absolute Gasteiger partial charge is 0.322 e. The maximum absolute atomic E-state index is 12.7. The molecule has 0 bridgehead atoms. The number of thioether (sulfide) groups is 1. The molecular formula is C24H26N2O3S2. The van der Waals surface area contributed by atoms with Gasteiger partial charge in [0.2, 0.25) is 10.0 Å². The standard InChI is InChI=1S/C24H26N2O3S2/c1-2-18-30-23-11-7-6-10-22(23)24(27)26-20-12-14-21(15-13-20)31(28,29)25-17-16-19-8-4-3-5-9-19/h3-15,25H,2,16-18H2,1H3,(H,26,27). The molecule has 3 aromatic carbocycles. The number of carbonyl (C=O) groups is 1. The van der Waals surface area contributed by atoms with Crippen molar-refractivity contribution in [1.29, 1.82) is 0 Å². The molecular weight excluding hydrogens is 428 g/mol. The zero-order valence-electron chi connectivity index (χ0n) is 17.4. The minimum atomic E-state index is -3.61. The maximum atomic E-state index is 12.7. The Morgan fingerprint density at radius 1 is 0.903 bits per heavy atom. The van der Waals surface area contributed by atoms with E-state index in [1.807, 2.05) is 48.5 Å². The smallest absolute Gasteiger partial charge is 0.256 e. The summed E-state index contributed by atoms with van der Waals surface area (Å²) >= 11 is 1.65. The Hall–Kier alpha value is -2.61. The van der Waals surface area contributed by atoms with Gasteiger partial charge < -0.3 is 5.32 Å². The van der Waals surface area contributed by atoms with Crippen LogP contribution in [0.15, 0.2) is 88.7 Å². The molecule has 0 aromatic heterocycles. The van der Waals surface area contributed by atoms with E-state index in [4.69, 9.17) is 0 Å². The first-order chi connectivity index (χ1) is 15.0. The highest BCUT2D eigenvalue weighted by Crippen LogP contribution is 2.24. The van der Waals surface area contributed by atoms with E-state index < -0.39 is 10.0 Å². The van der Waals surface area contributed by atoms with Crippen LogP contribution in [0.1, 0.15) is 29.3 Å². The fraction of sp³-hybridized carbons (Fsp3) is 0.208. The summed E-state index contributed by atoms with van der Waals surface area (Å²) in [4.78, 5) is 13.8. The van der Waals surface area contributed by atoms with Gasteiger partial charge in [-0.25, -0.2) is 13.1 Å². The molecule has 162 valence electrons. The monoisotopic (exact) mass is 454 g/mol. The van der Waals surface area contributed by atoms with Gasteiger partial charge in [-0.2, -0.15) is 0 Å². The van der Waals surface area contributed by atoms with Crippen LogP contribution in [0.2, 0.25) is 0 Å². The highest BCUT2D eigenvalue weighted by atomic mass is 32.2. The normalized spacial score (nSPS) is 11.3. The molecule has 5 nitrogen and oxygen atoms in total. The molecule has 0 aliphatic carbocycles. The molecule has 0 atom stereocenters. The Bertz CT molecular complexity index is 1100. The number of rotatable bonds is 10. The summed E-state index contributed by atoms with van der Waals surface area (Å²) in [6, 6.07) is 23.4. The van der Waals surface area contributed by atoms with Gasteiger partial charge in [0.25, 0.3) is 5.91 Å². The van der Waals surface area contributed by atoms with Crippen LogP contribution >= 0.6 is 11.8 Å². The zero-order valence-corrected chi connectivity index (χ0v) is 19.0. The number of anilines is 1. The lowest BCUT2D eigenvalue weighted by Crippen LogP contribution is -2.26. The van der Waals surface area contributed by atoms with Crippen LogP contribution < -0.4 is 10.0 Å². The zero-order chi connectivity index (χ0) is 22.1. The van der Waals surface area contributed by atoms with Crippen molar-refractivity contribution in [1.82, 2.24) is 4.72 Å². The summed E-state index contributed by atoms with van der Waals surface area (Å²) in [6.45, 7) is 2.42. The Labute approximate surface area is 188 Å². The Balaban J connectivity index is 1.61. The maximum Gasteiger partial charge on any atom is 0.256 e. The highest BCUT2D eigenvalue weighted by Gasteiger charge is 2.15. The van der Waals surface area contributed by atoms with Crippen LogP contribution in [0, 0.1) is 0 Å². The van der Waals surface area contributed by atoms with Gasteiger partial charge in [-0.1, -0.05) is 49.4 Å². The molecule has 7 heteroatoms. The van der Waals surface area contributed by atoms with Crippen LogP contribution in [-0.2, 0) is 16.4 Å². The van der Waals surface area contributed by atoms with Crippen molar-refractivity contribution in [3.63, 3.8) is 0 Å². The summed E-state index contributed by atoms with van der Waals surface area (Å²) in [5, 5.41) is 2.85. The van der Waals surface area contributed by atoms with Gasteiger partial charge >= 0.3 is 0 Å². The first-order valence-corrected chi connectivity index (χ1v) is 12.6. The number of nitrogens with one attached hydrogen (secondary N) is 2. The summed E-state index contributed by atoms with van der Waals surface area (Å²) in [6.07, 6.45) is 1.64. The number of sulfonamides is 1. The molecule has 0 radical (unpaired) electrons. The van der Waals surface area contributed by atoms with Gasteiger partial charge in [0, 0.05) is 17.1 Å². The SMILES string of the molecule is CCCSc1ccccc1C(=O)Nc1ccc(S(=O)(=O)NCCc2ccccc2)cc1. The predicted octanol–water partition coefficient (Wildman–Crippen LogP) is 4.96. The number of benzene rings is 3. The second kappa shape index (κ2) is 11.1. The van der Waals surface area contributed by atoms with Crippen LogP contribution in [0.25, 0.3) is 0 Å². The first kappa shape index (κ1) is 23.1. The van der Waals surface area contributed by atoms with Gasteiger partial charge in [0.15, 0.2) is 0 Å². The second-order valence-electron chi connectivity index (χ2n) is 6.96. The van der Waals surface area contributed by atoms with E-state index in [0.29, 0.717) is 24.2 Å². The van der Waals surface area contributed by atoms with E-state index in [-0.39, 0.29) is 10.8 Å². The third kappa shape index (κ3) is 6.69. The Morgan fingerprint density at radius 2 is 1.58 bits per heavy atom. The molecule has 0 saturated heterocycles. The van der Waals surface area contributed by atoms with Gasteiger partial charge in [-0.05, 0) is 60.6 Å². The number of hydrogen-bond donors (Lipinski definition) is 2. The van der Waals surface area contributed by atoms with Crippen LogP contribution in [0.3, 0.4) is 0 Å². The third-order valence-electron chi connectivity index (χ3n) is 4.56. The first-order valence-electron chi connectivity index (χ1n) is 10.2. The van der Waals surface area contributed by atoms with E-state index in [1.165, 1.54) is 12.1 Å². The van der Waals surface area contributed by atoms with Gasteiger partial charge in [0.1, 0.15) is 0 Å². The summed E-state index contributed by atoms with van der Waals surface area (Å²) in [7, 11) is -3.61. The predicted molar refractivity (Wildman–Crippen MR) is 127 cm³/mol. The van der Waals surface area contributed by atoms with E-state index in [2.05, 4.69) is 17.0 Å². The molecule has 31 heavy (non-hydrogen) atoms. The van der Waals surface area contributed by atoms with E-state index >= 15 is 0 Å². The molecule has 3 rings (SSSR count). The van der Waals surface area contributed by atoms with Gasteiger partial charge in [-0.3, -0.25) is 4.79 Å². The third-order valence-corrected chi connectivity index (χ3v) is 7.32. The van der Waals surface area contributed by atoms with E-state index in [1.54, 1.807) is 30.0 Å². The number of hydrogen-bond acceptors (Lipinski definition) is 4. The van der Waals surface area contributed by atoms with Crippen LogP contribution in [0.5, 0.6) is 0 Å². The molecule has 0 aliphatic rings. The molecule has 0 unspecified atom stereocenters. The number of amides is 1. The quantitative estimate of drug-likeness (QED) is 0.425. The second-order valence-corrected chi connectivity index (χ2v) is 9.86. The van der Waals surface area contributed by atoms with Crippen LogP contribution in [-0.4, -0.2) is 26.6 Å². The molecule has 0 aliphatic heterocycles. The summed E-state index contributed by atoms with van der Waals surface area (Å²) in [5.41, 5.74) is 2.23. The fourth-order valence-electron chi connectivity index (χ4n) is 2.97. The Morgan fingerprint density at radius 3 is 2.29 bits per heavy atom. The molecule has 0 saturated carbocycles. The topological polar surface area (TPSA) is 75.3 Å². The summed E-state index contributed by atoms with van der Waals surface area (Å²) < 4.78 is 27.7. The van der Waals surface area contributed by atoms with E-state index in [0.717, 1.165) is 22.6 Å². The van der Waals surface area contributed by atoms with Crippen molar-refractivity contribution < 1.29 is 13.2 Å². The Kier molecular flexibility index (Phi) is 8.28. The van der Waals surface area contributed by atoms with Crippen molar-refractivity contribution in [3.8, 4) is 0 Å². The number of carbonyl (C=O) groups excluding carboxylic acids is 1. The highest BCUT2D eigenvalue weighted by molar-refractivity contribution is 7.99. The van der Waals surface area contributed by atoms with Crippen LogP contribution in [0.4, 0.5) is 5.69 Å². The van der Waals surface area contributed by atoms with Gasteiger partial charge in [-0.15, -0.1) is 11.8 Å². The lowest BCUT2D eigenvalue weighted by atomic mass is 10.2. The molecule has 3 aromatic rings. The van der Waals surface area contributed by atoms with E-state index in [9.17, 15) is 13.2 Å². The fourth-order valence-corrected chi connectivity index (χ4v) is 4.91. The molecule has 0 heterocycles. The molecule has 0 spiro atoms. The van der Waals surface area contributed by atoms with Gasteiger partial charge in [0.05, 0.1) is 10.5 Å². The van der Waals surface area contributed by atoms with Crippen molar-refractivity contribution in [2.45, 2.75) is 29.6 Å². The average molecular weight is 455 g/mol. The van der Waals surface area contributed by atoms with Crippen molar-refractivity contribution in [2.24, 2.45) is 0 Å². The molecule has 1 amide bonds. The lowest BCUT2D eigenvalue weighted by Gasteiger charge is -2.11. The lowest BCUT2D eigenvalue weighted by molar-refractivity contribution is 0.102. The molecule has 0 fully saturated rings. The minimum absolute atomic E-state index is 0.164. The average Bonchev–Trinajstić information content (AvgIpc) is 2.79. The molecule has 2 N–H and O–H groups in total.